The van der Waals surface area contributed by atoms with E-state index in [1.165, 1.54) is 11.9 Å². The number of benzene rings is 2. The standard InChI is InChI=1S/C42H53IN6O7/c1-8-48-36-12-11-28-19-32(36)33(38(48)34-22-44-14-13-29(34)23-55-7)20-42(5,6)24-56-40(53)35-10-9-15-49(47-35)41(54)43(21-27-16-30(28)18-31(51)17-27)46-39(52)37(25(2)3)45-26(4)50/h11-14,16-19,22,25,35,37,47,51H,8-10,15,20-21,23-24H2,1-7H3,(H,45,50)(H,46,52)/t35-,37-/m0/s1. The molecule has 0 saturated carbocycles. The maximum absolute atomic E-state index is 14.4. The second-order valence-corrected chi connectivity index (χ2v) is 20.0. The zero-order valence-corrected chi connectivity index (χ0v) is 35.4. The van der Waals surface area contributed by atoms with Gasteiger partial charge in [-0.2, -0.15) is 0 Å². The third-order valence-corrected chi connectivity index (χ3v) is 14.7. The molecule has 13 nitrogen and oxygen atoms in total. The van der Waals surface area contributed by atoms with Gasteiger partial charge in [0.15, 0.2) is 0 Å². The quantitative estimate of drug-likeness (QED) is 0.0379. The van der Waals surface area contributed by atoms with E-state index in [1.54, 1.807) is 25.4 Å². The van der Waals surface area contributed by atoms with E-state index < -0.39 is 49.5 Å². The minimum absolute atomic E-state index is 0.0338. The number of rotatable bonds is 8. The Morgan fingerprint density at radius 2 is 1.93 bits per heavy atom. The van der Waals surface area contributed by atoms with E-state index in [-0.39, 0.29) is 32.5 Å². The fourth-order valence-corrected chi connectivity index (χ4v) is 11.7. The van der Waals surface area contributed by atoms with Crippen molar-refractivity contribution in [2.75, 3.05) is 20.3 Å². The molecular formula is C42H53IN6O7. The SMILES string of the molecule is CCn1c(-c2cnccc2COC)c2c3cc(ccc31)-c1cc(O)cc(c1)CI(NC(=O)[C@@H](NC(C)=O)C(C)C)C(=O)N1CCC[C@H](N1)C(=O)OCC(C)(C)C2. The molecule has 2 aromatic heterocycles. The summed E-state index contributed by atoms with van der Waals surface area (Å²) in [7, 11) is 1.68. The van der Waals surface area contributed by atoms with E-state index in [2.05, 4.69) is 56.7 Å². The molecule has 2 atom stereocenters. The monoisotopic (exact) mass is 880 g/mol. The Balaban J connectivity index is 1.52. The van der Waals surface area contributed by atoms with Gasteiger partial charge >= 0.3 is 319 Å². The molecule has 14 heteroatoms. The molecule has 4 N–H and O–H groups in total. The Hall–Kier alpha value is -4.54. The molecule has 2 aromatic carbocycles. The van der Waals surface area contributed by atoms with Crippen LogP contribution in [0.3, 0.4) is 0 Å². The van der Waals surface area contributed by atoms with Crippen molar-refractivity contribution < 1.29 is 33.8 Å². The number of aromatic nitrogens is 2. The summed E-state index contributed by atoms with van der Waals surface area (Å²) in [4.78, 5) is 58.4. The van der Waals surface area contributed by atoms with E-state index in [9.17, 15) is 24.3 Å². The minimum atomic E-state index is -3.20. The number of pyridine rings is 1. The summed E-state index contributed by atoms with van der Waals surface area (Å²) in [6, 6.07) is 12.0. The number of methoxy groups -OCH3 is 1. The number of amides is 3. The Kier molecular flexibility index (Phi) is 12.7. The second-order valence-electron chi connectivity index (χ2n) is 15.7. The summed E-state index contributed by atoms with van der Waals surface area (Å²) in [6.07, 6.45) is 5.27. The number of cyclic esters (lactones) is 1. The first kappa shape index (κ1) is 41.1. The summed E-state index contributed by atoms with van der Waals surface area (Å²) in [5, 5.41) is 16.3. The van der Waals surface area contributed by atoms with Crippen LogP contribution in [0.1, 0.15) is 71.1 Å². The van der Waals surface area contributed by atoms with Crippen LogP contribution in [0.5, 0.6) is 5.75 Å². The number of hydrogen-bond donors (Lipinski definition) is 4. The first-order valence-electron chi connectivity index (χ1n) is 19.1. The van der Waals surface area contributed by atoms with Crippen LogP contribution in [0.4, 0.5) is 4.79 Å². The van der Waals surface area contributed by atoms with Crippen molar-refractivity contribution in [1.82, 2.24) is 28.8 Å². The first-order chi connectivity index (χ1) is 26.7. The van der Waals surface area contributed by atoms with Gasteiger partial charge in [0.05, 0.1) is 0 Å². The van der Waals surface area contributed by atoms with Crippen LogP contribution in [-0.4, -0.2) is 73.7 Å². The number of fused-ring (bicyclic) bond motifs is 6. The third kappa shape index (κ3) is 9.02. The average molecular weight is 881 g/mol. The van der Waals surface area contributed by atoms with Crippen LogP contribution >= 0.6 is 20.1 Å². The number of phenolic OH excluding ortho intramolecular Hbond substituents is 1. The van der Waals surface area contributed by atoms with Crippen LogP contribution in [0.25, 0.3) is 33.3 Å². The topological polar surface area (TPSA) is 164 Å². The normalized spacial score (nSPS) is 18.7. The molecule has 2 aliphatic rings. The summed E-state index contributed by atoms with van der Waals surface area (Å²) in [5.41, 5.74) is 10.0. The van der Waals surface area contributed by atoms with Gasteiger partial charge in [-0.05, 0) is 0 Å². The van der Waals surface area contributed by atoms with Crippen molar-refractivity contribution in [3.63, 3.8) is 0 Å². The molecule has 56 heavy (non-hydrogen) atoms. The number of alkyl halides is 1. The Morgan fingerprint density at radius 1 is 1.14 bits per heavy atom. The van der Waals surface area contributed by atoms with Crippen molar-refractivity contribution in [3.05, 3.63) is 71.5 Å². The van der Waals surface area contributed by atoms with Gasteiger partial charge in [-0.15, -0.1) is 0 Å². The molecule has 6 bridgehead atoms. The number of ether oxygens (including phenoxy) is 2. The van der Waals surface area contributed by atoms with Crippen LogP contribution in [-0.2, 0) is 47.9 Å². The number of hydrogen-bond acceptors (Lipinski definition) is 9. The molecule has 0 unspecified atom stereocenters. The average Bonchev–Trinajstić information content (AvgIpc) is 3.46. The molecule has 2 aliphatic heterocycles. The molecule has 0 radical (unpaired) electrons. The number of aromatic hydroxyl groups is 1. The molecule has 3 amide bonds. The van der Waals surface area contributed by atoms with E-state index in [4.69, 9.17) is 9.47 Å². The van der Waals surface area contributed by atoms with Gasteiger partial charge in [0, 0.05) is 13.3 Å². The summed E-state index contributed by atoms with van der Waals surface area (Å²) < 4.78 is 16.9. The van der Waals surface area contributed by atoms with E-state index in [0.29, 0.717) is 44.5 Å². The molecule has 1 saturated heterocycles. The van der Waals surface area contributed by atoms with Crippen molar-refractivity contribution in [2.24, 2.45) is 11.3 Å². The predicted octanol–water partition coefficient (Wildman–Crippen LogP) is 6.66. The van der Waals surface area contributed by atoms with Crippen LogP contribution in [0, 0.1) is 11.3 Å². The van der Waals surface area contributed by atoms with Crippen molar-refractivity contribution in [3.8, 4) is 28.1 Å². The predicted molar refractivity (Wildman–Crippen MR) is 224 cm³/mol. The van der Waals surface area contributed by atoms with E-state index in [1.807, 2.05) is 38.2 Å². The Morgan fingerprint density at radius 3 is 2.64 bits per heavy atom. The van der Waals surface area contributed by atoms with Gasteiger partial charge in [-0.1, -0.05) is 0 Å². The van der Waals surface area contributed by atoms with Crippen molar-refractivity contribution >= 4 is 52.7 Å². The molecule has 1 fully saturated rings. The van der Waals surface area contributed by atoms with Gasteiger partial charge in [0.1, 0.15) is 0 Å². The number of carbonyl (C=O) groups excluding carboxylic acids is 4. The first-order valence-corrected chi connectivity index (χ1v) is 22.8. The van der Waals surface area contributed by atoms with Crippen LogP contribution in [0.15, 0.2) is 54.9 Å². The zero-order valence-electron chi connectivity index (χ0n) is 33.2. The van der Waals surface area contributed by atoms with Crippen molar-refractivity contribution in [2.45, 2.75) is 90.5 Å². The van der Waals surface area contributed by atoms with Gasteiger partial charge in [-0.3, -0.25) is 0 Å². The van der Waals surface area contributed by atoms with Gasteiger partial charge in [0.2, 0.25) is 0 Å². The molecule has 4 heterocycles. The summed E-state index contributed by atoms with van der Waals surface area (Å²) in [6.45, 7) is 12.9. The van der Waals surface area contributed by atoms with Gasteiger partial charge < -0.3 is 4.74 Å². The number of halogens is 1. The molecule has 300 valence electrons. The van der Waals surface area contributed by atoms with E-state index in [0.717, 1.165) is 44.4 Å². The van der Waals surface area contributed by atoms with E-state index >= 15 is 0 Å². The zero-order chi connectivity index (χ0) is 40.3. The number of esters is 1. The number of hydrazine groups is 1. The van der Waals surface area contributed by atoms with Crippen LogP contribution in [0.2, 0.25) is 0 Å². The fraction of sp³-hybridized carbons (Fsp3) is 0.452. The van der Waals surface area contributed by atoms with Gasteiger partial charge in [0.25, 0.3) is 0 Å². The Bertz CT molecular complexity index is 2130. The molecule has 0 spiro atoms. The number of nitrogens with one attached hydrogen (secondary N) is 3. The number of aryl methyl sites for hydroxylation is 1. The van der Waals surface area contributed by atoms with Gasteiger partial charge in [-0.25, -0.2) is 0 Å². The maximum atomic E-state index is 14.4. The number of nitrogens with zero attached hydrogens (tertiary/aromatic N) is 3. The fourth-order valence-electron chi connectivity index (χ4n) is 7.56. The molecular weight excluding hydrogens is 827 g/mol. The van der Waals surface area contributed by atoms with Crippen LogP contribution < -0.4 is 14.3 Å². The number of carbonyl (C=O) groups is 4. The second kappa shape index (κ2) is 17.3. The molecule has 0 aliphatic carbocycles. The van der Waals surface area contributed by atoms with Crippen molar-refractivity contribution in [1.29, 1.82) is 0 Å². The number of phenols is 1. The molecule has 4 aromatic rings. The third-order valence-electron chi connectivity index (χ3n) is 10.2. The Labute approximate surface area is 335 Å². The molecule has 6 rings (SSSR count). The summed E-state index contributed by atoms with van der Waals surface area (Å²) >= 11 is -3.20. The summed E-state index contributed by atoms with van der Waals surface area (Å²) in [5.74, 6) is -1.44.